The van der Waals surface area contributed by atoms with Crippen LogP contribution < -0.4 is 19.5 Å². The van der Waals surface area contributed by atoms with E-state index in [4.69, 9.17) is 38.0 Å². The quantitative estimate of drug-likeness (QED) is 0.332. The van der Waals surface area contributed by atoms with Crippen molar-refractivity contribution in [3.05, 3.63) is 87.9 Å². The fourth-order valence-corrected chi connectivity index (χ4v) is 5.26. The van der Waals surface area contributed by atoms with E-state index < -0.39 is 17.9 Å². The number of amides is 1. The fourth-order valence-electron chi connectivity index (χ4n) is 4.72. The maximum absolute atomic E-state index is 12.6. The van der Waals surface area contributed by atoms with Gasteiger partial charge in [-0.2, -0.15) is 5.26 Å². The topological polar surface area (TPSA) is 121 Å². The van der Waals surface area contributed by atoms with Gasteiger partial charge in [0.05, 0.1) is 43.3 Å². The second-order valence-corrected chi connectivity index (χ2v) is 10.0. The van der Waals surface area contributed by atoms with Crippen LogP contribution in [-0.4, -0.2) is 53.9 Å². The van der Waals surface area contributed by atoms with Crippen LogP contribution in [0.15, 0.2) is 60.7 Å². The first kappa shape index (κ1) is 29.6. The van der Waals surface area contributed by atoms with Gasteiger partial charge in [0, 0.05) is 13.0 Å². The molecule has 0 saturated carbocycles. The molecule has 41 heavy (non-hydrogen) atoms. The number of benzene rings is 3. The molecule has 11 heteroatoms. The van der Waals surface area contributed by atoms with Crippen LogP contribution in [0.2, 0.25) is 5.02 Å². The minimum atomic E-state index is -1.17. The minimum Gasteiger partial charge on any atom is -0.493 e. The number of hydrogen-bond donors (Lipinski definition) is 2. The number of fused-ring (bicyclic) bond motifs is 1. The molecule has 1 heterocycles. The number of thiocarbonyl (C=S) groups is 1. The number of carbonyl (C=O) groups is 2. The van der Waals surface area contributed by atoms with Gasteiger partial charge in [-0.1, -0.05) is 35.9 Å². The molecule has 2 atom stereocenters. The zero-order valence-corrected chi connectivity index (χ0v) is 24.0. The number of nitrogens with zero attached hydrogens (tertiary/aromatic N) is 2. The molecular formula is C30H28ClN3O6S. The Morgan fingerprint density at radius 3 is 2.46 bits per heavy atom. The summed E-state index contributed by atoms with van der Waals surface area (Å²) >= 11 is 11.7. The molecule has 0 fully saturated rings. The lowest BCUT2D eigenvalue weighted by atomic mass is 9.90. The number of rotatable bonds is 9. The van der Waals surface area contributed by atoms with E-state index in [1.807, 2.05) is 17.0 Å². The van der Waals surface area contributed by atoms with E-state index in [0.717, 1.165) is 11.1 Å². The van der Waals surface area contributed by atoms with Crippen LogP contribution in [0.3, 0.4) is 0 Å². The lowest BCUT2D eigenvalue weighted by Crippen LogP contribution is -2.42. The molecule has 9 nitrogen and oxygen atoms in total. The Kier molecular flexibility index (Phi) is 9.65. The molecule has 3 aromatic carbocycles. The van der Waals surface area contributed by atoms with E-state index in [2.05, 4.69) is 11.4 Å². The number of hydrogen-bond acceptors (Lipinski definition) is 7. The Labute approximate surface area is 248 Å². The second-order valence-electron chi connectivity index (χ2n) is 9.29. The minimum absolute atomic E-state index is 0.0503. The molecule has 0 bridgehead atoms. The predicted octanol–water partition coefficient (Wildman–Crippen LogP) is 4.96. The highest BCUT2D eigenvalue weighted by atomic mass is 35.5. The van der Waals surface area contributed by atoms with E-state index in [0.29, 0.717) is 35.8 Å². The maximum Gasteiger partial charge on any atom is 0.326 e. The van der Waals surface area contributed by atoms with Crippen LogP contribution in [0.4, 0.5) is 0 Å². The standard InChI is InChI=1S/C30H28ClN3O6S/c1-38-26-16-19-12-14-34(25(11-13-32)22(19)17-27(26)39-2)30(41)40-20-9-7-18(8-10-20)15-24(29(36)37)33-28(35)21-5-3-4-6-23(21)31/h3-10,16-17,24-25H,11-12,14-15H2,1-2H3,(H,33,35)(H,36,37)/t24-,25?/m0/s1. The normalized spacial score (nSPS) is 14.7. The molecule has 1 amide bonds. The molecular weight excluding hydrogens is 566 g/mol. The van der Waals surface area contributed by atoms with Crippen molar-refractivity contribution in [3.63, 3.8) is 0 Å². The third-order valence-corrected chi connectivity index (χ3v) is 7.46. The molecule has 4 rings (SSSR count). The first-order valence-electron chi connectivity index (χ1n) is 12.7. The number of methoxy groups -OCH3 is 2. The Hall–Kier alpha value is -4.33. The van der Waals surface area contributed by atoms with Crippen molar-refractivity contribution in [1.82, 2.24) is 10.2 Å². The van der Waals surface area contributed by atoms with Gasteiger partial charge in [0.2, 0.25) is 0 Å². The van der Waals surface area contributed by atoms with Gasteiger partial charge in [-0.05, 0) is 71.7 Å². The number of halogens is 1. The lowest BCUT2D eigenvalue weighted by molar-refractivity contribution is -0.139. The van der Waals surface area contributed by atoms with E-state index in [1.54, 1.807) is 56.7 Å². The highest BCUT2D eigenvalue weighted by Gasteiger charge is 2.31. The zero-order valence-electron chi connectivity index (χ0n) is 22.4. The number of aliphatic carboxylic acids is 1. The molecule has 3 aromatic rings. The molecule has 2 N–H and O–H groups in total. The number of nitrogens with one attached hydrogen (secondary N) is 1. The number of ether oxygens (including phenoxy) is 3. The van der Waals surface area contributed by atoms with Crippen molar-refractivity contribution in [3.8, 4) is 23.3 Å². The number of carboxylic acid groups (broad SMARTS) is 1. The summed E-state index contributed by atoms with van der Waals surface area (Å²) < 4.78 is 16.9. The van der Waals surface area contributed by atoms with E-state index >= 15 is 0 Å². The monoisotopic (exact) mass is 593 g/mol. The average molecular weight is 594 g/mol. The molecule has 0 aliphatic carbocycles. The van der Waals surface area contributed by atoms with Crippen LogP contribution in [0.25, 0.3) is 0 Å². The van der Waals surface area contributed by atoms with E-state index in [1.165, 1.54) is 6.07 Å². The first-order chi connectivity index (χ1) is 19.7. The van der Waals surface area contributed by atoms with Gasteiger partial charge in [0.25, 0.3) is 11.1 Å². The molecule has 0 aromatic heterocycles. The molecule has 0 radical (unpaired) electrons. The second kappa shape index (κ2) is 13.4. The summed E-state index contributed by atoms with van der Waals surface area (Å²) in [5.41, 5.74) is 2.85. The Morgan fingerprint density at radius 2 is 1.83 bits per heavy atom. The molecule has 0 saturated heterocycles. The SMILES string of the molecule is COc1cc2c(cc1OC)C(CC#N)N(C(=S)Oc1ccc(C[C@H](NC(=O)c3ccccc3Cl)C(=O)O)cc1)CC2. The zero-order chi connectivity index (χ0) is 29.5. The Morgan fingerprint density at radius 1 is 1.15 bits per heavy atom. The maximum atomic E-state index is 12.6. The van der Waals surface area contributed by atoms with Gasteiger partial charge in [-0.25, -0.2) is 4.79 Å². The van der Waals surface area contributed by atoms with Crippen molar-refractivity contribution in [1.29, 1.82) is 5.26 Å². The van der Waals surface area contributed by atoms with Crippen molar-refractivity contribution in [2.24, 2.45) is 0 Å². The molecule has 212 valence electrons. The van der Waals surface area contributed by atoms with Crippen molar-refractivity contribution >= 4 is 40.9 Å². The number of carbonyl (C=O) groups excluding carboxylic acids is 1. The summed E-state index contributed by atoms with van der Waals surface area (Å²) in [7, 11) is 3.14. The van der Waals surface area contributed by atoms with Crippen molar-refractivity contribution < 1.29 is 28.9 Å². The van der Waals surface area contributed by atoms with Gasteiger partial charge in [-0.15, -0.1) is 0 Å². The van der Waals surface area contributed by atoms with Gasteiger partial charge in [0.15, 0.2) is 11.5 Å². The summed E-state index contributed by atoms with van der Waals surface area (Å²) in [5.74, 6) is -0.0851. The van der Waals surface area contributed by atoms with Crippen LogP contribution >= 0.6 is 23.8 Å². The first-order valence-corrected chi connectivity index (χ1v) is 13.5. The molecule has 1 aliphatic rings. The predicted molar refractivity (Wildman–Crippen MR) is 157 cm³/mol. The highest BCUT2D eigenvalue weighted by Crippen LogP contribution is 2.39. The summed E-state index contributed by atoms with van der Waals surface area (Å²) in [6.45, 7) is 0.553. The summed E-state index contributed by atoms with van der Waals surface area (Å²) in [6.07, 6.45) is 0.923. The van der Waals surface area contributed by atoms with Crippen molar-refractivity contribution in [2.75, 3.05) is 20.8 Å². The lowest BCUT2D eigenvalue weighted by Gasteiger charge is -2.37. The van der Waals surface area contributed by atoms with Gasteiger partial charge >= 0.3 is 5.97 Å². The average Bonchev–Trinajstić information content (AvgIpc) is 2.97. The summed E-state index contributed by atoms with van der Waals surface area (Å²) in [4.78, 5) is 26.3. The van der Waals surface area contributed by atoms with Gasteiger partial charge in [0.1, 0.15) is 11.8 Å². The van der Waals surface area contributed by atoms with Crippen LogP contribution in [0, 0.1) is 11.3 Å². The number of nitriles is 1. The van der Waals surface area contributed by atoms with Gasteiger partial charge in [-0.3, -0.25) is 4.79 Å². The number of carboxylic acids is 1. The van der Waals surface area contributed by atoms with Crippen LogP contribution in [0.5, 0.6) is 17.2 Å². The Balaban J connectivity index is 1.44. The Bertz CT molecular complexity index is 1490. The molecule has 0 spiro atoms. The smallest absolute Gasteiger partial charge is 0.326 e. The van der Waals surface area contributed by atoms with Gasteiger partial charge < -0.3 is 29.5 Å². The summed E-state index contributed by atoms with van der Waals surface area (Å²) in [5, 5.41) is 22.2. The van der Waals surface area contributed by atoms with Crippen LogP contribution in [0.1, 0.15) is 39.5 Å². The largest absolute Gasteiger partial charge is 0.493 e. The fraction of sp³-hybridized carbons (Fsp3) is 0.267. The molecule has 1 aliphatic heterocycles. The summed E-state index contributed by atoms with van der Waals surface area (Å²) in [6, 6.07) is 17.8. The van der Waals surface area contributed by atoms with Crippen LogP contribution in [-0.2, 0) is 17.6 Å². The van der Waals surface area contributed by atoms with E-state index in [9.17, 15) is 20.0 Å². The third-order valence-electron chi connectivity index (χ3n) is 6.81. The van der Waals surface area contributed by atoms with E-state index in [-0.39, 0.29) is 34.6 Å². The highest BCUT2D eigenvalue weighted by molar-refractivity contribution is 7.80. The van der Waals surface area contributed by atoms with Crippen molar-refractivity contribution in [2.45, 2.75) is 31.3 Å². The third kappa shape index (κ3) is 6.88. The molecule has 1 unspecified atom stereocenters.